The molecule has 1 saturated heterocycles. The molecule has 0 atom stereocenters. The lowest BCUT2D eigenvalue weighted by molar-refractivity contribution is 0.0526. The van der Waals surface area contributed by atoms with Gasteiger partial charge in [-0.2, -0.15) is 0 Å². The maximum atomic E-state index is 11.6. The maximum Gasteiger partial charge on any atom is 0.338 e. The number of anilines is 2. The van der Waals surface area contributed by atoms with Gasteiger partial charge in [0.05, 0.1) is 23.5 Å². The molecule has 2 rings (SSSR count). The number of hydrogen-bond acceptors (Lipinski definition) is 5. The highest BCUT2D eigenvalue weighted by molar-refractivity contribution is 7.85. The lowest BCUT2D eigenvalue weighted by atomic mass is 10.1. The molecule has 0 aliphatic carbocycles. The van der Waals surface area contributed by atoms with E-state index in [1.165, 1.54) is 0 Å². The van der Waals surface area contributed by atoms with Crippen LogP contribution in [0.25, 0.3) is 0 Å². The van der Waals surface area contributed by atoms with Gasteiger partial charge in [0.1, 0.15) is 0 Å². The zero-order chi connectivity index (χ0) is 14.5. The van der Waals surface area contributed by atoms with Crippen LogP contribution >= 0.6 is 0 Å². The third-order valence-electron chi connectivity index (χ3n) is 3.31. The summed E-state index contributed by atoms with van der Waals surface area (Å²) < 4.78 is 16.3. The summed E-state index contributed by atoms with van der Waals surface area (Å²) in [6.45, 7) is 2.11. The Balaban J connectivity index is 2.02. The van der Waals surface area contributed by atoms with Gasteiger partial charge >= 0.3 is 5.97 Å². The molecule has 5 nitrogen and oxygen atoms in total. The minimum atomic E-state index is -0.669. The molecular weight excluding hydrogens is 276 g/mol. The second kappa shape index (κ2) is 6.74. The Hall–Kier alpha value is -1.56. The summed E-state index contributed by atoms with van der Waals surface area (Å²) >= 11 is 0. The predicted octanol–water partition coefficient (Wildman–Crippen LogP) is 1.77. The lowest BCUT2D eigenvalue weighted by Gasteiger charge is -2.24. The summed E-state index contributed by atoms with van der Waals surface area (Å²) in [4.78, 5) is 11.6. The summed E-state index contributed by atoms with van der Waals surface area (Å²) in [5.74, 6) is 1.11. The number of carbonyl (C=O) groups is 1. The molecule has 110 valence electrons. The molecule has 1 heterocycles. The number of rotatable bonds is 4. The van der Waals surface area contributed by atoms with Crippen LogP contribution < -0.4 is 11.1 Å². The molecular formula is C14H20N2O3S. The van der Waals surface area contributed by atoms with Gasteiger partial charge in [0.15, 0.2) is 0 Å². The second-order valence-electron chi connectivity index (χ2n) is 4.79. The largest absolute Gasteiger partial charge is 0.462 e. The smallest absolute Gasteiger partial charge is 0.338 e. The third kappa shape index (κ3) is 3.72. The fourth-order valence-corrected chi connectivity index (χ4v) is 3.49. The van der Waals surface area contributed by atoms with E-state index in [9.17, 15) is 9.00 Å². The quantitative estimate of drug-likeness (QED) is 0.653. The lowest BCUT2D eigenvalue weighted by Crippen LogP contribution is -2.29. The number of nitrogens with one attached hydrogen (secondary N) is 1. The number of carbonyl (C=O) groups excluding carboxylic acids is 1. The minimum absolute atomic E-state index is 0.295. The molecule has 0 unspecified atom stereocenters. The van der Waals surface area contributed by atoms with Gasteiger partial charge in [-0.1, -0.05) is 0 Å². The van der Waals surface area contributed by atoms with E-state index in [2.05, 4.69) is 5.32 Å². The van der Waals surface area contributed by atoms with Gasteiger partial charge in [-0.3, -0.25) is 4.21 Å². The van der Waals surface area contributed by atoms with Crippen molar-refractivity contribution in [3.63, 3.8) is 0 Å². The molecule has 0 aromatic heterocycles. The van der Waals surface area contributed by atoms with E-state index in [4.69, 9.17) is 10.5 Å². The maximum absolute atomic E-state index is 11.6. The number of esters is 1. The van der Waals surface area contributed by atoms with Gasteiger partial charge in [-0.25, -0.2) is 4.79 Å². The molecule has 1 fully saturated rings. The van der Waals surface area contributed by atoms with Crippen LogP contribution in [-0.2, 0) is 15.5 Å². The molecule has 20 heavy (non-hydrogen) atoms. The number of hydrogen-bond donors (Lipinski definition) is 2. The van der Waals surface area contributed by atoms with E-state index >= 15 is 0 Å². The van der Waals surface area contributed by atoms with Crippen molar-refractivity contribution in [3.8, 4) is 0 Å². The summed E-state index contributed by atoms with van der Waals surface area (Å²) in [6.07, 6.45) is 1.76. The van der Waals surface area contributed by atoms with Crippen LogP contribution in [-0.4, -0.2) is 34.3 Å². The topological polar surface area (TPSA) is 81.4 Å². The third-order valence-corrected chi connectivity index (χ3v) is 4.69. The number of ether oxygens (including phenoxy) is 1. The van der Waals surface area contributed by atoms with Crippen molar-refractivity contribution in [1.82, 2.24) is 0 Å². The Bertz CT molecular complexity index is 509. The molecule has 0 bridgehead atoms. The van der Waals surface area contributed by atoms with Gasteiger partial charge in [-0.05, 0) is 38.0 Å². The van der Waals surface area contributed by atoms with Crippen molar-refractivity contribution in [2.75, 3.05) is 29.2 Å². The van der Waals surface area contributed by atoms with E-state index in [1.807, 2.05) is 0 Å². The normalized spacial score (nSPS) is 22.2. The molecule has 3 N–H and O–H groups in total. The summed E-state index contributed by atoms with van der Waals surface area (Å²) in [5, 5.41) is 3.36. The van der Waals surface area contributed by atoms with Crippen molar-refractivity contribution >= 4 is 28.1 Å². The highest BCUT2D eigenvalue weighted by Gasteiger charge is 2.18. The van der Waals surface area contributed by atoms with Crippen LogP contribution in [0.3, 0.4) is 0 Å². The molecule has 1 aromatic rings. The first-order valence-corrected chi connectivity index (χ1v) is 8.27. The second-order valence-corrected chi connectivity index (χ2v) is 6.49. The first-order valence-electron chi connectivity index (χ1n) is 6.78. The molecule has 6 heteroatoms. The Morgan fingerprint density at radius 2 is 2.15 bits per heavy atom. The predicted molar refractivity (Wildman–Crippen MR) is 81.3 cm³/mol. The van der Waals surface area contributed by atoms with E-state index in [0.29, 0.717) is 23.9 Å². The number of nitrogen functional groups attached to an aromatic ring is 1. The highest BCUT2D eigenvalue weighted by atomic mass is 32.2. The van der Waals surface area contributed by atoms with E-state index in [-0.39, 0.29) is 5.97 Å². The van der Waals surface area contributed by atoms with Crippen LogP contribution in [0.15, 0.2) is 18.2 Å². The fraction of sp³-hybridized carbons (Fsp3) is 0.500. The molecule has 0 spiro atoms. The molecule has 0 saturated carbocycles. The van der Waals surface area contributed by atoms with Gasteiger partial charge in [0.2, 0.25) is 0 Å². The molecule has 0 amide bonds. The van der Waals surface area contributed by atoms with Gasteiger partial charge in [-0.15, -0.1) is 0 Å². The summed E-state index contributed by atoms with van der Waals surface area (Å²) in [6, 6.07) is 5.43. The first kappa shape index (κ1) is 14.8. The van der Waals surface area contributed by atoms with Crippen molar-refractivity contribution in [2.45, 2.75) is 25.8 Å². The number of benzene rings is 1. The summed E-state index contributed by atoms with van der Waals surface area (Å²) in [7, 11) is -0.669. The van der Waals surface area contributed by atoms with Crippen molar-refractivity contribution in [2.24, 2.45) is 0 Å². The minimum Gasteiger partial charge on any atom is -0.462 e. The Morgan fingerprint density at radius 3 is 2.75 bits per heavy atom. The van der Waals surface area contributed by atoms with Crippen LogP contribution in [0.2, 0.25) is 0 Å². The van der Waals surface area contributed by atoms with Crippen molar-refractivity contribution in [1.29, 1.82) is 0 Å². The molecule has 1 aromatic carbocycles. The zero-order valence-corrected chi connectivity index (χ0v) is 12.4. The average molecular weight is 296 g/mol. The van der Waals surface area contributed by atoms with Gasteiger partial charge < -0.3 is 15.8 Å². The van der Waals surface area contributed by atoms with Gasteiger partial charge in [0, 0.05) is 28.3 Å². The van der Waals surface area contributed by atoms with E-state index in [1.54, 1.807) is 25.1 Å². The Labute approximate surface area is 121 Å². The average Bonchev–Trinajstić information content (AvgIpc) is 2.43. The van der Waals surface area contributed by atoms with Crippen molar-refractivity contribution in [3.05, 3.63) is 23.8 Å². The monoisotopic (exact) mass is 296 g/mol. The summed E-state index contributed by atoms with van der Waals surface area (Å²) in [5.41, 5.74) is 7.77. The molecule has 1 aliphatic heterocycles. The molecule has 1 aliphatic rings. The van der Waals surface area contributed by atoms with Crippen LogP contribution in [0.4, 0.5) is 11.4 Å². The van der Waals surface area contributed by atoms with Crippen LogP contribution in [0.5, 0.6) is 0 Å². The van der Waals surface area contributed by atoms with Gasteiger partial charge in [0.25, 0.3) is 0 Å². The van der Waals surface area contributed by atoms with E-state index in [0.717, 1.165) is 30.0 Å². The SMILES string of the molecule is CCOC(=O)c1ccc(NC2CCS(=O)CC2)c(N)c1. The Morgan fingerprint density at radius 1 is 1.45 bits per heavy atom. The number of nitrogens with two attached hydrogens (primary N) is 1. The van der Waals surface area contributed by atoms with Crippen molar-refractivity contribution < 1.29 is 13.7 Å². The first-order chi connectivity index (χ1) is 9.60. The Kier molecular flexibility index (Phi) is 5.00. The fourth-order valence-electron chi connectivity index (χ4n) is 2.19. The highest BCUT2D eigenvalue weighted by Crippen LogP contribution is 2.23. The van der Waals surface area contributed by atoms with Crippen LogP contribution in [0.1, 0.15) is 30.1 Å². The standard InChI is InChI=1S/C14H20N2O3S/c1-2-19-14(17)10-3-4-13(12(15)9-10)16-11-5-7-20(18)8-6-11/h3-4,9,11,16H,2,5-8,15H2,1H3. The zero-order valence-electron chi connectivity index (χ0n) is 11.6. The van der Waals surface area contributed by atoms with E-state index < -0.39 is 10.8 Å². The van der Waals surface area contributed by atoms with Crippen LogP contribution in [0, 0.1) is 0 Å². The molecule has 0 radical (unpaired) electrons.